The van der Waals surface area contributed by atoms with Crippen LogP contribution in [0.4, 0.5) is 5.82 Å². The molecule has 0 bridgehead atoms. The van der Waals surface area contributed by atoms with E-state index < -0.39 is 12.0 Å². The summed E-state index contributed by atoms with van der Waals surface area (Å²) in [5, 5.41) is 8.96. The molecule has 0 saturated carbocycles. The van der Waals surface area contributed by atoms with Gasteiger partial charge in [0, 0.05) is 12.7 Å². The van der Waals surface area contributed by atoms with Crippen molar-refractivity contribution in [3.05, 3.63) is 18.6 Å². The molecule has 15 heavy (non-hydrogen) atoms. The van der Waals surface area contributed by atoms with Gasteiger partial charge in [-0.3, -0.25) is 0 Å². The van der Waals surface area contributed by atoms with Crippen molar-refractivity contribution in [1.29, 1.82) is 0 Å². The highest BCUT2D eigenvalue weighted by Crippen LogP contribution is 2.22. The molecule has 1 atom stereocenters. The number of nitrogens with zero attached hydrogens (tertiary/aromatic N) is 3. The van der Waals surface area contributed by atoms with Crippen molar-refractivity contribution in [3.8, 4) is 0 Å². The van der Waals surface area contributed by atoms with Gasteiger partial charge < -0.3 is 10.0 Å². The molecular formula is C9H12ClN3O2. The van der Waals surface area contributed by atoms with E-state index >= 15 is 0 Å². The van der Waals surface area contributed by atoms with Crippen molar-refractivity contribution in [2.75, 3.05) is 11.4 Å². The van der Waals surface area contributed by atoms with Crippen LogP contribution in [0.2, 0.25) is 0 Å². The van der Waals surface area contributed by atoms with Gasteiger partial charge in [-0.25, -0.2) is 14.8 Å². The molecule has 1 fully saturated rings. The number of carbonyl (C=O) groups is 1. The predicted octanol–water partition coefficient (Wildman–Crippen LogP) is 0.952. The van der Waals surface area contributed by atoms with E-state index in [4.69, 9.17) is 5.11 Å². The molecule has 1 aromatic heterocycles. The fourth-order valence-corrected chi connectivity index (χ4v) is 1.75. The molecule has 82 valence electrons. The lowest BCUT2D eigenvalue weighted by Crippen LogP contribution is -2.36. The Morgan fingerprint density at radius 2 is 2.40 bits per heavy atom. The van der Waals surface area contributed by atoms with E-state index in [1.165, 1.54) is 6.33 Å². The van der Waals surface area contributed by atoms with Crippen molar-refractivity contribution in [2.45, 2.75) is 18.9 Å². The van der Waals surface area contributed by atoms with Crippen molar-refractivity contribution < 1.29 is 9.90 Å². The van der Waals surface area contributed by atoms with Crippen LogP contribution in [-0.4, -0.2) is 33.6 Å². The quantitative estimate of drug-likeness (QED) is 0.818. The summed E-state index contributed by atoms with van der Waals surface area (Å²) < 4.78 is 0. The van der Waals surface area contributed by atoms with Gasteiger partial charge in [-0.15, -0.1) is 12.4 Å². The van der Waals surface area contributed by atoms with Crippen molar-refractivity contribution >= 4 is 24.2 Å². The molecule has 0 amide bonds. The van der Waals surface area contributed by atoms with Gasteiger partial charge in [0.1, 0.15) is 18.2 Å². The van der Waals surface area contributed by atoms with Crippen LogP contribution < -0.4 is 4.90 Å². The third-order valence-corrected chi connectivity index (χ3v) is 2.40. The summed E-state index contributed by atoms with van der Waals surface area (Å²) in [7, 11) is 0. The van der Waals surface area contributed by atoms with Gasteiger partial charge in [0.25, 0.3) is 0 Å². The van der Waals surface area contributed by atoms with E-state index in [1.54, 1.807) is 12.3 Å². The van der Waals surface area contributed by atoms with Crippen LogP contribution in [0, 0.1) is 0 Å². The maximum Gasteiger partial charge on any atom is 0.326 e. The van der Waals surface area contributed by atoms with Crippen LogP contribution in [0.3, 0.4) is 0 Å². The Morgan fingerprint density at radius 1 is 1.60 bits per heavy atom. The van der Waals surface area contributed by atoms with Crippen LogP contribution >= 0.6 is 12.4 Å². The number of rotatable bonds is 2. The predicted molar refractivity (Wildman–Crippen MR) is 57.3 cm³/mol. The maximum absolute atomic E-state index is 10.9. The topological polar surface area (TPSA) is 66.3 Å². The van der Waals surface area contributed by atoms with Gasteiger partial charge in [-0.1, -0.05) is 0 Å². The Labute approximate surface area is 93.6 Å². The number of anilines is 1. The van der Waals surface area contributed by atoms with Crippen LogP contribution in [-0.2, 0) is 4.79 Å². The van der Waals surface area contributed by atoms with E-state index in [0.29, 0.717) is 12.2 Å². The molecule has 1 N–H and O–H groups in total. The SMILES string of the molecule is Cl.O=C(O)C1CCCN1c1ccncn1. The van der Waals surface area contributed by atoms with Crippen molar-refractivity contribution in [1.82, 2.24) is 9.97 Å². The second-order valence-corrected chi connectivity index (χ2v) is 3.26. The van der Waals surface area contributed by atoms with Crippen molar-refractivity contribution in [2.24, 2.45) is 0 Å². The number of hydrogen-bond acceptors (Lipinski definition) is 4. The Morgan fingerprint density at radius 3 is 3.00 bits per heavy atom. The fourth-order valence-electron chi connectivity index (χ4n) is 1.75. The summed E-state index contributed by atoms with van der Waals surface area (Å²) in [5.41, 5.74) is 0. The molecule has 0 radical (unpaired) electrons. The second kappa shape index (κ2) is 4.93. The Bertz CT molecular complexity index is 333. The second-order valence-electron chi connectivity index (χ2n) is 3.26. The highest BCUT2D eigenvalue weighted by atomic mass is 35.5. The summed E-state index contributed by atoms with van der Waals surface area (Å²) in [6.45, 7) is 0.758. The van der Waals surface area contributed by atoms with Crippen LogP contribution in [0.25, 0.3) is 0 Å². The lowest BCUT2D eigenvalue weighted by molar-refractivity contribution is -0.138. The van der Waals surface area contributed by atoms with Gasteiger partial charge >= 0.3 is 5.97 Å². The Hall–Kier alpha value is -1.36. The third-order valence-electron chi connectivity index (χ3n) is 2.40. The Kier molecular flexibility index (Phi) is 3.85. The molecule has 5 nitrogen and oxygen atoms in total. The molecule has 0 aromatic carbocycles. The fraction of sp³-hybridized carbons (Fsp3) is 0.444. The molecule has 2 heterocycles. The number of carboxylic acid groups (broad SMARTS) is 1. The van der Waals surface area contributed by atoms with E-state index in [2.05, 4.69) is 9.97 Å². The zero-order chi connectivity index (χ0) is 9.97. The molecule has 0 aliphatic carbocycles. The minimum Gasteiger partial charge on any atom is -0.480 e. The van der Waals surface area contributed by atoms with Gasteiger partial charge in [0.15, 0.2) is 0 Å². The van der Waals surface area contributed by atoms with Gasteiger partial charge in [-0.2, -0.15) is 0 Å². The minimum atomic E-state index is -0.777. The normalized spacial score (nSPS) is 19.7. The summed E-state index contributed by atoms with van der Waals surface area (Å²) in [4.78, 5) is 20.6. The lowest BCUT2D eigenvalue weighted by Gasteiger charge is -2.21. The summed E-state index contributed by atoms with van der Waals surface area (Å²) >= 11 is 0. The lowest BCUT2D eigenvalue weighted by atomic mass is 10.2. The van der Waals surface area contributed by atoms with E-state index in [9.17, 15) is 4.79 Å². The first-order valence-electron chi connectivity index (χ1n) is 4.54. The van der Waals surface area contributed by atoms with Crippen molar-refractivity contribution in [3.63, 3.8) is 0 Å². The molecule has 6 heteroatoms. The average Bonchev–Trinajstić information content (AvgIpc) is 2.67. The molecule has 1 aliphatic heterocycles. The average molecular weight is 230 g/mol. The first kappa shape index (κ1) is 11.7. The number of aromatic nitrogens is 2. The highest BCUT2D eigenvalue weighted by molar-refractivity contribution is 5.85. The molecule has 2 rings (SSSR count). The molecular weight excluding hydrogens is 218 g/mol. The number of aliphatic carboxylic acids is 1. The van der Waals surface area contributed by atoms with Gasteiger partial charge in [0.2, 0.25) is 0 Å². The van der Waals surface area contributed by atoms with Gasteiger partial charge in [0.05, 0.1) is 0 Å². The van der Waals surface area contributed by atoms with Crippen LogP contribution in [0.15, 0.2) is 18.6 Å². The monoisotopic (exact) mass is 229 g/mol. The first-order valence-corrected chi connectivity index (χ1v) is 4.54. The number of hydrogen-bond donors (Lipinski definition) is 1. The van der Waals surface area contributed by atoms with Crippen LogP contribution in [0.1, 0.15) is 12.8 Å². The zero-order valence-corrected chi connectivity index (χ0v) is 8.85. The van der Waals surface area contributed by atoms with E-state index in [-0.39, 0.29) is 12.4 Å². The van der Waals surface area contributed by atoms with E-state index in [1.807, 2.05) is 4.90 Å². The highest BCUT2D eigenvalue weighted by Gasteiger charge is 2.31. The van der Waals surface area contributed by atoms with Gasteiger partial charge in [-0.05, 0) is 18.9 Å². The molecule has 1 unspecified atom stereocenters. The molecule has 0 spiro atoms. The summed E-state index contributed by atoms with van der Waals surface area (Å²) in [6.07, 6.45) is 4.66. The maximum atomic E-state index is 10.9. The first-order chi connectivity index (χ1) is 6.79. The number of carboxylic acids is 1. The number of halogens is 1. The minimum absolute atomic E-state index is 0. The Balaban J connectivity index is 0.00000112. The zero-order valence-electron chi connectivity index (χ0n) is 8.04. The largest absolute Gasteiger partial charge is 0.480 e. The summed E-state index contributed by atoms with van der Waals surface area (Å²) in [5.74, 6) is -0.0778. The molecule has 1 saturated heterocycles. The van der Waals surface area contributed by atoms with Crippen LogP contribution in [0.5, 0.6) is 0 Å². The third kappa shape index (κ3) is 2.36. The standard InChI is InChI=1S/C9H11N3O2.ClH/c13-9(14)7-2-1-5-12(7)8-3-4-10-6-11-8;/h3-4,6-7H,1-2,5H2,(H,13,14);1H. The summed E-state index contributed by atoms with van der Waals surface area (Å²) in [6, 6.07) is 1.31. The smallest absolute Gasteiger partial charge is 0.326 e. The van der Waals surface area contributed by atoms with E-state index in [0.717, 1.165) is 13.0 Å². The molecule has 1 aromatic rings. The molecule has 1 aliphatic rings.